The summed E-state index contributed by atoms with van der Waals surface area (Å²) in [5.74, 6) is 0.450. The Morgan fingerprint density at radius 1 is 1.24 bits per heavy atom. The maximum absolute atomic E-state index is 12.9. The van der Waals surface area contributed by atoms with Crippen molar-refractivity contribution >= 4 is 10.2 Å². The number of nitrogens with one attached hydrogen (secondary N) is 1. The summed E-state index contributed by atoms with van der Waals surface area (Å²) in [6.45, 7) is 10.2. The molecule has 2 aliphatic rings. The van der Waals surface area contributed by atoms with Gasteiger partial charge in [-0.3, -0.25) is 0 Å². The fourth-order valence-corrected chi connectivity index (χ4v) is 5.65. The third kappa shape index (κ3) is 3.97. The van der Waals surface area contributed by atoms with Crippen LogP contribution in [0.3, 0.4) is 0 Å². The molecule has 2 rings (SSSR count). The molecule has 0 saturated carbocycles. The molecule has 0 aliphatic carbocycles. The zero-order valence-corrected chi connectivity index (χ0v) is 14.6. The van der Waals surface area contributed by atoms with Crippen molar-refractivity contribution in [1.82, 2.24) is 13.9 Å². The maximum atomic E-state index is 12.9. The van der Waals surface area contributed by atoms with Gasteiger partial charge in [0.05, 0.1) is 0 Å². The zero-order valence-electron chi connectivity index (χ0n) is 13.8. The second-order valence-corrected chi connectivity index (χ2v) is 8.92. The lowest BCUT2D eigenvalue weighted by Crippen LogP contribution is -2.53. The van der Waals surface area contributed by atoms with E-state index < -0.39 is 10.2 Å². The van der Waals surface area contributed by atoms with E-state index in [1.54, 1.807) is 8.61 Å². The molecule has 2 saturated heterocycles. The minimum Gasteiger partial charge on any atom is -0.316 e. The van der Waals surface area contributed by atoms with E-state index in [0.29, 0.717) is 25.6 Å². The van der Waals surface area contributed by atoms with E-state index >= 15 is 0 Å². The highest BCUT2D eigenvalue weighted by atomic mass is 32.2. The summed E-state index contributed by atoms with van der Waals surface area (Å²) in [7, 11) is -3.29. The summed E-state index contributed by atoms with van der Waals surface area (Å²) < 4.78 is 29.3. The molecule has 124 valence electrons. The highest BCUT2D eigenvalue weighted by Crippen LogP contribution is 2.33. The van der Waals surface area contributed by atoms with Crippen LogP contribution in [0.25, 0.3) is 0 Å². The minimum absolute atomic E-state index is 0.230. The second kappa shape index (κ2) is 6.94. The molecule has 1 atom stereocenters. The van der Waals surface area contributed by atoms with Crippen LogP contribution < -0.4 is 5.32 Å². The van der Waals surface area contributed by atoms with E-state index in [-0.39, 0.29) is 5.54 Å². The molecule has 0 amide bonds. The normalized spacial score (nSPS) is 28.0. The molecule has 6 heteroatoms. The van der Waals surface area contributed by atoms with Crippen molar-refractivity contribution < 1.29 is 8.42 Å². The fraction of sp³-hybridized carbons (Fsp3) is 1.00. The SMILES string of the molecule is CCCNCC1CCCN(S(=O)(=O)N2CCCC2(C)C)C1. The monoisotopic (exact) mass is 317 g/mol. The van der Waals surface area contributed by atoms with Crippen molar-refractivity contribution in [2.45, 2.75) is 58.4 Å². The van der Waals surface area contributed by atoms with Crippen molar-refractivity contribution in [3.63, 3.8) is 0 Å². The lowest BCUT2D eigenvalue weighted by molar-refractivity contribution is 0.219. The summed E-state index contributed by atoms with van der Waals surface area (Å²) >= 11 is 0. The lowest BCUT2D eigenvalue weighted by atomic mass is 10.00. The average molecular weight is 317 g/mol. The average Bonchev–Trinajstić information content (AvgIpc) is 2.80. The summed E-state index contributed by atoms with van der Waals surface area (Å²) in [5.41, 5.74) is -0.230. The first-order valence-electron chi connectivity index (χ1n) is 8.36. The van der Waals surface area contributed by atoms with Gasteiger partial charge in [0.15, 0.2) is 0 Å². The van der Waals surface area contributed by atoms with Crippen molar-refractivity contribution in [3.8, 4) is 0 Å². The topological polar surface area (TPSA) is 52.7 Å². The molecule has 1 unspecified atom stereocenters. The van der Waals surface area contributed by atoms with Gasteiger partial charge in [-0.25, -0.2) is 0 Å². The first-order chi connectivity index (χ1) is 9.88. The molecular formula is C15H31N3O2S. The van der Waals surface area contributed by atoms with Crippen LogP contribution in [0, 0.1) is 5.92 Å². The lowest BCUT2D eigenvalue weighted by Gasteiger charge is -2.38. The summed E-state index contributed by atoms with van der Waals surface area (Å²) in [6.07, 6.45) is 5.16. The number of hydrogen-bond donors (Lipinski definition) is 1. The second-order valence-electron chi connectivity index (χ2n) is 7.07. The Balaban J connectivity index is 1.99. The standard InChI is InChI=1S/C15H31N3O2S/c1-4-9-16-12-14-7-5-10-17(13-14)21(19,20)18-11-6-8-15(18,2)3/h14,16H,4-13H2,1-3H3. The Morgan fingerprint density at radius 3 is 2.62 bits per heavy atom. The van der Waals surface area contributed by atoms with Gasteiger partial charge in [0.25, 0.3) is 10.2 Å². The van der Waals surface area contributed by atoms with E-state index in [4.69, 9.17) is 0 Å². The van der Waals surface area contributed by atoms with Gasteiger partial charge in [0, 0.05) is 25.2 Å². The van der Waals surface area contributed by atoms with Crippen molar-refractivity contribution in [3.05, 3.63) is 0 Å². The van der Waals surface area contributed by atoms with Crippen LogP contribution in [0.4, 0.5) is 0 Å². The van der Waals surface area contributed by atoms with Crippen LogP contribution >= 0.6 is 0 Å². The fourth-order valence-electron chi connectivity index (χ4n) is 3.54. The smallest absolute Gasteiger partial charge is 0.282 e. The number of rotatable bonds is 6. The minimum atomic E-state index is -3.29. The number of piperidine rings is 1. The largest absolute Gasteiger partial charge is 0.316 e. The molecule has 0 radical (unpaired) electrons. The van der Waals surface area contributed by atoms with Crippen LogP contribution in [0.15, 0.2) is 0 Å². The Hall–Kier alpha value is -0.170. The van der Waals surface area contributed by atoms with E-state index in [2.05, 4.69) is 12.2 Å². The van der Waals surface area contributed by atoms with Gasteiger partial charge in [-0.15, -0.1) is 0 Å². The van der Waals surface area contributed by atoms with E-state index in [1.165, 1.54) is 0 Å². The number of nitrogens with zero attached hydrogens (tertiary/aromatic N) is 2. The van der Waals surface area contributed by atoms with Gasteiger partial charge in [0.1, 0.15) is 0 Å². The Morgan fingerprint density at radius 2 is 2.00 bits per heavy atom. The molecule has 1 N–H and O–H groups in total. The quantitative estimate of drug-likeness (QED) is 0.760. The van der Waals surface area contributed by atoms with Gasteiger partial charge in [-0.2, -0.15) is 17.0 Å². The van der Waals surface area contributed by atoms with Crippen LogP contribution in [0.1, 0.15) is 52.9 Å². The van der Waals surface area contributed by atoms with Gasteiger partial charge in [-0.05, 0) is 65.0 Å². The van der Waals surface area contributed by atoms with E-state index in [1.807, 2.05) is 13.8 Å². The third-order valence-corrected chi connectivity index (χ3v) is 6.99. The third-order valence-electron chi connectivity index (χ3n) is 4.77. The van der Waals surface area contributed by atoms with Crippen molar-refractivity contribution in [2.24, 2.45) is 5.92 Å². The Labute approximate surface area is 130 Å². The van der Waals surface area contributed by atoms with Gasteiger partial charge < -0.3 is 5.32 Å². The molecule has 0 aromatic rings. The van der Waals surface area contributed by atoms with Crippen molar-refractivity contribution in [2.75, 3.05) is 32.7 Å². The first kappa shape index (κ1) is 17.2. The van der Waals surface area contributed by atoms with Crippen LogP contribution in [0.5, 0.6) is 0 Å². The molecule has 0 aromatic carbocycles. The number of hydrogen-bond acceptors (Lipinski definition) is 3. The van der Waals surface area contributed by atoms with Gasteiger partial charge in [0.2, 0.25) is 0 Å². The first-order valence-corrected chi connectivity index (χ1v) is 9.76. The molecule has 0 spiro atoms. The molecule has 21 heavy (non-hydrogen) atoms. The van der Waals surface area contributed by atoms with E-state index in [9.17, 15) is 8.42 Å². The zero-order chi connectivity index (χ0) is 15.5. The van der Waals surface area contributed by atoms with Crippen LogP contribution in [-0.2, 0) is 10.2 Å². The molecule has 0 bridgehead atoms. The Bertz CT molecular complexity index is 436. The summed E-state index contributed by atoms with van der Waals surface area (Å²) in [6, 6.07) is 0. The molecule has 2 fully saturated rings. The molecule has 5 nitrogen and oxygen atoms in total. The molecule has 2 aliphatic heterocycles. The van der Waals surface area contributed by atoms with E-state index in [0.717, 1.165) is 45.2 Å². The Kier molecular flexibility index (Phi) is 5.68. The van der Waals surface area contributed by atoms with Crippen molar-refractivity contribution in [1.29, 1.82) is 0 Å². The van der Waals surface area contributed by atoms with Gasteiger partial charge in [-0.1, -0.05) is 6.92 Å². The molecular weight excluding hydrogens is 286 g/mol. The molecule has 0 aromatic heterocycles. The highest BCUT2D eigenvalue weighted by molar-refractivity contribution is 7.86. The molecule has 2 heterocycles. The maximum Gasteiger partial charge on any atom is 0.282 e. The van der Waals surface area contributed by atoms with Gasteiger partial charge >= 0.3 is 0 Å². The highest BCUT2D eigenvalue weighted by Gasteiger charge is 2.43. The van der Waals surface area contributed by atoms with Crippen LogP contribution in [-0.4, -0.2) is 55.3 Å². The van der Waals surface area contributed by atoms with Crippen LogP contribution in [0.2, 0.25) is 0 Å². The summed E-state index contributed by atoms with van der Waals surface area (Å²) in [5, 5.41) is 3.43. The predicted molar refractivity (Wildman–Crippen MR) is 86.4 cm³/mol. The summed E-state index contributed by atoms with van der Waals surface area (Å²) in [4.78, 5) is 0. The predicted octanol–water partition coefficient (Wildman–Crippen LogP) is 1.82.